The van der Waals surface area contributed by atoms with E-state index in [1.54, 1.807) is 0 Å². The summed E-state index contributed by atoms with van der Waals surface area (Å²) in [7, 11) is 0. The Hall–Kier alpha value is -1.35. The minimum Gasteiger partial charge on any atom is -0.304 e. The molecule has 0 aromatic carbocycles. The second kappa shape index (κ2) is 4.97. The van der Waals surface area contributed by atoms with E-state index in [2.05, 4.69) is 54.5 Å². The molecule has 3 nitrogen and oxygen atoms in total. The van der Waals surface area contributed by atoms with E-state index in [4.69, 9.17) is 4.98 Å². The van der Waals surface area contributed by atoms with E-state index in [-0.39, 0.29) is 0 Å². The van der Waals surface area contributed by atoms with Gasteiger partial charge in [-0.15, -0.1) is 0 Å². The first-order valence-electron chi connectivity index (χ1n) is 7.30. The third-order valence-corrected chi connectivity index (χ3v) is 4.49. The van der Waals surface area contributed by atoms with E-state index in [1.165, 1.54) is 30.9 Å². The summed E-state index contributed by atoms with van der Waals surface area (Å²) in [5, 5.41) is 0. The fraction of sp³-hybridized carbons (Fsp3) is 0.562. The highest BCUT2D eigenvalue weighted by Gasteiger charge is 2.25. The molecule has 3 heterocycles. The maximum atomic E-state index is 4.77. The molecular weight excluding hydrogens is 234 g/mol. The summed E-state index contributed by atoms with van der Waals surface area (Å²) in [6.45, 7) is 10.3. The number of nitrogens with zero attached hydrogens (tertiary/aromatic N) is 3. The Balaban J connectivity index is 1.77. The molecule has 2 aromatic heterocycles. The van der Waals surface area contributed by atoms with Crippen LogP contribution in [0.25, 0.3) is 5.65 Å². The average molecular weight is 257 g/mol. The van der Waals surface area contributed by atoms with E-state index in [1.807, 2.05) is 0 Å². The molecule has 1 fully saturated rings. The SMILES string of the molecule is Cc1c(CN2CCC(C(C)C)C2)nc2ccccn12. The Bertz CT molecular complexity index is 570. The van der Waals surface area contributed by atoms with Gasteiger partial charge < -0.3 is 4.40 Å². The summed E-state index contributed by atoms with van der Waals surface area (Å²) in [6, 6.07) is 6.20. The molecule has 0 spiro atoms. The van der Waals surface area contributed by atoms with Gasteiger partial charge >= 0.3 is 0 Å². The molecule has 1 aliphatic heterocycles. The van der Waals surface area contributed by atoms with Crippen molar-refractivity contribution < 1.29 is 0 Å². The Morgan fingerprint density at radius 2 is 2.21 bits per heavy atom. The van der Waals surface area contributed by atoms with Crippen molar-refractivity contribution >= 4 is 5.65 Å². The Kier molecular flexibility index (Phi) is 3.31. The van der Waals surface area contributed by atoms with Gasteiger partial charge in [-0.3, -0.25) is 4.90 Å². The van der Waals surface area contributed by atoms with Gasteiger partial charge in [-0.1, -0.05) is 19.9 Å². The second-order valence-corrected chi connectivity index (χ2v) is 6.10. The number of aromatic nitrogens is 2. The summed E-state index contributed by atoms with van der Waals surface area (Å²) in [4.78, 5) is 7.32. The van der Waals surface area contributed by atoms with Crippen molar-refractivity contribution in [2.24, 2.45) is 11.8 Å². The van der Waals surface area contributed by atoms with Crippen molar-refractivity contribution in [2.75, 3.05) is 13.1 Å². The number of fused-ring (bicyclic) bond motifs is 1. The van der Waals surface area contributed by atoms with Crippen LogP contribution >= 0.6 is 0 Å². The fourth-order valence-electron chi connectivity index (χ4n) is 3.08. The molecule has 102 valence electrons. The monoisotopic (exact) mass is 257 g/mol. The van der Waals surface area contributed by atoms with Crippen LogP contribution in [0, 0.1) is 18.8 Å². The van der Waals surface area contributed by atoms with Crippen molar-refractivity contribution in [3.05, 3.63) is 35.8 Å². The van der Waals surface area contributed by atoms with Gasteiger partial charge in [0, 0.05) is 25.0 Å². The minimum absolute atomic E-state index is 0.798. The van der Waals surface area contributed by atoms with Crippen molar-refractivity contribution in [3.8, 4) is 0 Å². The molecule has 1 atom stereocenters. The number of imidazole rings is 1. The molecular formula is C16H23N3. The molecule has 1 unspecified atom stereocenters. The lowest BCUT2D eigenvalue weighted by Crippen LogP contribution is -2.22. The van der Waals surface area contributed by atoms with Crippen LogP contribution in [-0.4, -0.2) is 27.4 Å². The fourth-order valence-corrected chi connectivity index (χ4v) is 3.08. The van der Waals surface area contributed by atoms with Crippen molar-refractivity contribution in [1.29, 1.82) is 0 Å². The molecule has 0 saturated carbocycles. The van der Waals surface area contributed by atoms with Crippen LogP contribution < -0.4 is 0 Å². The molecule has 3 rings (SSSR count). The highest BCUT2D eigenvalue weighted by Crippen LogP contribution is 2.25. The lowest BCUT2D eigenvalue weighted by molar-refractivity contribution is 0.293. The number of pyridine rings is 1. The van der Waals surface area contributed by atoms with E-state index in [0.29, 0.717) is 0 Å². The predicted molar refractivity (Wildman–Crippen MR) is 78.2 cm³/mol. The summed E-state index contributed by atoms with van der Waals surface area (Å²) in [5.41, 5.74) is 3.58. The van der Waals surface area contributed by atoms with Gasteiger partial charge in [0.25, 0.3) is 0 Å². The molecule has 2 aromatic rings. The first kappa shape index (κ1) is 12.7. The van der Waals surface area contributed by atoms with E-state index in [0.717, 1.165) is 24.0 Å². The first-order valence-corrected chi connectivity index (χ1v) is 7.30. The molecule has 1 saturated heterocycles. The predicted octanol–water partition coefficient (Wildman–Crippen LogP) is 3.12. The van der Waals surface area contributed by atoms with Crippen LogP contribution in [0.2, 0.25) is 0 Å². The van der Waals surface area contributed by atoms with Crippen LogP contribution in [0.3, 0.4) is 0 Å². The highest BCUT2D eigenvalue weighted by atomic mass is 15.2. The number of hydrogen-bond donors (Lipinski definition) is 0. The zero-order chi connectivity index (χ0) is 13.4. The van der Waals surface area contributed by atoms with E-state index < -0.39 is 0 Å². The Morgan fingerprint density at radius 3 is 2.89 bits per heavy atom. The molecule has 0 aliphatic carbocycles. The van der Waals surface area contributed by atoms with Gasteiger partial charge in [-0.05, 0) is 43.9 Å². The van der Waals surface area contributed by atoms with E-state index in [9.17, 15) is 0 Å². The third kappa shape index (κ3) is 2.39. The van der Waals surface area contributed by atoms with Gasteiger partial charge in [0.05, 0.1) is 5.69 Å². The van der Waals surface area contributed by atoms with Crippen molar-refractivity contribution in [2.45, 2.75) is 33.7 Å². The largest absolute Gasteiger partial charge is 0.304 e. The summed E-state index contributed by atoms with van der Waals surface area (Å²) < 4.78 is 2.19. The lowest BCUT2D eigenvalue weighted by atomic mass is 9.95. The molecule has 0 radical (unpaired) electrons. The maximum Gasteiger partial charge on any atom is 0.137 e. The number of hydrogen-bond acceptors (Lipinski definition) is 2. The Morgan fingerprint density at radius 1 is 1.37 bits per heavy atom. The molecule has 0 N–H and O–H groups in total. The molecule has 0 amide bonds. The molecule has 3 heteroatoms. The first-order chi connectivity index (χ1) is 9.15. The van der Waals surface area contributed by atoms with Crippen LogP contribution in [0.15, 0.2) is 24.4 Å². The van der Waals surface area contributed by atoms with Gasteiger partial charge in [0.15, 0.2) is 0 Å². The smallest absolute Gasteiger partial charge is 0.137 e. The normalized spacial score (nSPS) is 20.7. The van der Waals surface area contributed by atoms with Gasteiger partial charge in [-0.2, -0.15) is 0 Å². The van der Waals surface area contributed by atoms with Gasteiger partial charge in [0.1, 0.15) is 5.65 Å². The summed E-state index contributed by atoms with van der Waals surface area (Å²) >= 11 is 0. The van der Waals surface area contributed by atoms with Crippen molar-refractivity contribution in [1.82, 2.24) is 14.3 Å². The van der Waals surface area contributed by atoms with Crippen LogP contribution in [0.4, 0.5) is 0 Å². The van der Waals surface area contributed by atoms with Crippen LogP contribution in [0.5, 0.6) is 0 Å². The highest BCUT2D eigenvalue weighted by molar-refractivity contribution is 5.42. The molecule has 0 bridgehead atoms. The zero-order valence-corrected chi connectivity index (χ0v) is 12.1. The number of likely N-dealkylation sites (tertiary alicyclic amines) is 1. The van der Waals surface area contributed by atoms with Crippen LogP contribution in [-0.2, 0) is 6.54 Å². The lowest BCUT2D eigenvalue weighted by Gasteiger charge is -2.17. The molecule has 19 heavy (non-hydrogen) atoms. The Labute approximate surface area is 115 Å². The third-order valence-electron chi connectivity index (χ3n) is 4.49. The number of aryl methyl sites for hydroxylation is 1. The molecule has 1 aliphatic rings. The summed E-state index contributed by atoms with van der Waals surface area (Å²) in [6.07, 6.45) is 3.44. The van der Waals surface area contributed by atoms with E-state index >= 15 is 0 Å². The average Bonchev–Trinajstić information content (AvgIpc) is 2.97. The van der Waals surface area contributed by atoms with Crippen molar-refractivity contribution in [3.63, 3.8) is 0 Å². The van der Waals surface area contributed by atoms with Gasteiger partial charge in [0.2, 0.25) is 0 Å². The minimum atomic E-state index is 0.798. The maximum absolute atomic E-state index is 4.77. The topological polar surface area (TPSA) is 20.5 Å². The zero-order valence-electron chi connectivity index (χ0n) is 12.1. The van der Waals surface area contributed by atoms with Crippen LogP contribution in [0.1, 0.15) is 31.7 Å². The standard InChI is InChI=1S/C16H23N3/c1-12(2)14-7-9-18(10-14)11-15-13(3)19-8-5-4-6-16(19)17-15/h4-6,8,12,14H,7,9-11H2,1-3H3. The second-order valence-electron chi connectivity index (χ2n) is 6.10. The summed E-state index contributed by atoms with van der Waals surface area (Å²) in [5.74, 6) is 1.66. The number of rotatable bonds is 3. The van der Waals surface area contributed by atoms with Gasteiger partial charge in [-0.25, -0.2) is 4.98 Å². The quantitative estimate of drug-likeness (QED) is 0.842.